The Morgan fingerprint density at radius 3 is 2.85 bits per heavy atom. The lowest BCUT2D eigenvalue weighted by Gasteiger charge is -2.18. The van der Waals surface area contributed by atoms with Gasteiger partial charge in [0.1, 0.15) is 5.82 Å². The zero-order chi connectivity index (χ0) is 15.2. The summed E-state index contributed by atoms with van der Waals surface area (Å²) in [6.07, 6.45) is -1.82. The Morgan fingerprint density at radius 1 is 1.60 bits per heavy atom. The maximum absolute atomic E-state index is 12.7. The molecule has 0 fully saturated rings. The third kappa shape index (κ3) is 4.04. The Hall–Kier alpha value is -2.44. The molecule has 1 heterocycles. The monoisotopic (exact) mass is 289 g/mol. The van der Waals surface area contributed by atoms with Crippen LogP contribution < -0.4 is 15.5 Å². The molecule has 0 saturated heterocycles. The number of hydrogen-bond acceptors (Lipinski definition) is 4. The first kappa shape index (κ1) is 15.6. The molecule has 1 aromatic rings. The van der Waals surface area contributed by atoms with E-state index in [1.54, 1.807) is 13.2 Å². The van der Waals surface area contributed by atoms with Gasteiger partial charge in [-0.15, -0.1) is 0 Å². The summed E-state index contributed by atoms with van der Waals surface area (Å²) in [5, 5.41) is 13.4. The molecule has 0 radical (unpaired) electrons. The Balaban J connectivity index is 2.67. The van der Waals surface area contributed by atoms with Crippen molar-refractivity contribution >= 4 is 11.8 Å². The number of guanidine groups is 1. The number of nitriles is 1. The number of rotatable bonds is 4. The number of likely N-dealkylation sites (N-methyl/N-ethyl adjacent to an activating group) is 1. The van der Waals surface area contributed by atoms with E-state index in [0.29, 0.717) is 0 Å². The number of hydrogen-bond donors (Lipinski definition) is 3. The van der Waals surface area contributed by atoms with Crippen LogP contribution in [0.5, 0.6) is 0 Å². The van der Waals surface area contributed by atoms with Crippen molar-refractivity contribution < 1.29 is 13.2 Å². The average Bonchev–Trinajstić information content (AvgIpc) is 2.86. The summed E-state index contributed by atoms with van der Waals surface area (Å²) in [5.74, 6) is 0.133. The summed E-state index contributed by atoms with van der Waals surface area (Å²) in [6, 6.07) is 0. The topological polar surface area (TPSA) is 92.1 Å². The summed E-state index contributed by atoms with van der Waals surface area (Å²) in [4.78, 5) is 11.1. The number of aliphatic imine (C=N–C) groups is 1. The number of anilines is 1. The lowest BCUT2D eigenvalue weighted by atomic mass is 10.4. The number of halogens is 3. The standard InChI is InChI=1S/C10H14F3N7/c1-15-9(17-5-14)16-3-4-20(2)8-7(10(11,12)13)18-6-19-8/h6H,3-4H2,1-2H3,(H,18,19)(H2,15,16,17). The predicted octanol–water partition coefficient (Wildman–Crippen LogP) is 0.511. The maximum Gasteiger partial charge on any atom is 0.437 e. The highest BCUT2D eigenvalue weighted by Gasteiger charge is 2.37. The molecule has 0 unspecified atom stereocenters. The molecule has 7 nitrogen and oxygen atoms in total. The van der Waals surface area contributed by atoms with Crippen molar-refractivity contribution in [3.05, 3.63) is 12.0 Å². The van der Waals surface area contributed by atoms with E-state index in [4.69, 9.17) is 5.26 Å². The van der Waals surface area contributed by atoms with E-state index < -0.39 is 11.9 Å². The van der Waals surface area contributed by atoms with Crippen LogP contribution in [-0.2, 0) is 6.18 Å². The number of nitrogens with one attached hydrogen (secondary N) is 3. The number of nitrogens with zero attached hydrogens (tertiary/aromatic N) is 4. The molecule has 0 saturated carbocycles. The Morgan fingerprint density at radius 2 is 2.30 bits per heavy atom. The number of H-pyrrole nitrogens is 1. The first-order chi connectivity index (χ1) is 9.40. The number of imidazole rings is 1. The second-order valence-corrected chi connectivity index (χ2v) is 3.74. The third-order valence-electron chi connectivity index (χ3n) is 2.39. The molecule has 10 heteroatoms. The largest absolute Gasteiger partial charge is 0.437 e. The van der Waals surface area contributed by atoms with Gasteiger partial charge in [-0.1, -0.05) is 0 Å². The highest BCUT2D eigenvalue weighted by Crippen LogP contribution is 2.33. The number of aromatic amines is 1. The third-order valence-corrected chi connectivity index (χ3v) is 2.39. The zero-order valence-electron chi connectivity index (χ0n) is 10.9. The Kier molecular flexibility index (Phi) is 5.19. The van der Waals surface area contributed by atoms with Crippen LogP contribution in [0.1, 0.15) is 5.69 Å². The van der Waals surface area contributed by atoms with Gasteiger partial charge in [0, 0.05) is 20.6 Å². The van der Waals surface area contributed by atoms with Crippen LogP contribution in [0.25, 0.3) is 0 Å². The van der Waals surface area contributed by atoms with Gasteiger partial charge >= 0.3 is 6.18 Å². The van der Waals surface area contributed by atoms with Crippen molar-refractivity contribution in [3.63, 3.8) is 0 Å². The summed E-state index contributed by atoms with van der Waals surface area (Å²) < 4.78 is 38.0. The van der Waals surface area contributed by atoms with E-state index >= 15 is 0 Å². The molecule has 1 aromatic heterocycles. The summed E-state index contributed by atoms with van der Waals surface area (Å²) in [5.41, 5.74) is -0.965. The molecule has 0 spiro atoms. The Bertz CT molecular complexity index is 500. The predicted molar refractivity (Wildman–Crippen MR) is 67.0 cm³/mol. The maximum atomic E-state index is 12.7. The van der Waals surface area contributed by atoms with Gasteiger partial charge in [-0.05, 0) is 0 Å². The average molecular weight is 289 g/mol. The fourth-order valence-corrected chi connectivity index (χ4v) is 1.44. The van der Waals surface area contributed by atoms with E-state index in [-0.39, 0.29) is 24.9 Å². The minimum absolute atomic E-state index is 0.119. The van der Waals surface area contributed by atoms with E-state index in [1.165, 1.54) is 11.9 Å². The summed E-state index contributed by atoms with van der Waals surface area (Å²) in [7, 11) is 3.07. The second-order valence-electron chi connectivity index (χ2n) is 3.74. The molecule has 0 amide bonds. The van der Waals surface area contributed by atoms with Crippen molar-refractivity contribution in [2.75, 3.05) is 32.1 Å². The fourth-order valence-electron chi connectivity index (χ4n) is 1.44. The van der Waals surface area contributed by atoms with Gasteiger partial charge in [-0.3, -0.25) is 10.3 Å². The SMILES string of the molecule is CNC(=NCCN(C)c1[nH]cnc1C(F)(F)F)NC#N. The molecule has 0 bridgehead atoms. The van der Waals surface area contributed by atoms with Gasteiger partial charge in [0.2, 0.25) is 5.96 Å². The first-order valence-corrected chi connectivity index (χ1v) is 5.59. The summed E-state index contributed by atoms with van der Waals surface area (Å²) in [6.45, 7) is 0.432. The smallest absolute Gasteiger partial charge is 0.359 e. The van der Waals surface area contributed by atoms with E-state index in [1.807, 2.05) is 0 Å². The molecule has 0 aliphatic heterocycles. The van der Waals surface area contributed by atoms with Gasteiger partial charge in [0.15, 0.2) is 11.9 Å². The van der Waals surface area contributed by atoms with E-state index in [2.05, 4.69) is 25.6 Å². The molecule has 1 rings (SSSR count). The van der Waals surface area contributed by atoms with Crippen LogP contribution in [0.15, 0.2) is 11.3 Å². The van der Waals surface area contributed by atoms with Crippen molar-refractivity contribution in [2.24, 2.45) is 4.99 Å². The fraction of sp³-hybridized carbons (Fsp3) is 0.500. The number of aromatic nitrogens is 2. The molecule has 0 aliphatic rings. The molecule has 110 valence electrons. The lowest BCUT2D eigenvalue weighted by Crippen LogP contribution is -2.32. The van der Waals surface area contributed by atoms with Gasteiger partial charge < -0.3 is 15.2 Å². The highest BCUT2D eigenvalue weighted by molar-refractivity contribution is 5.80. The van der Waals surface area contributed by atoms with E-state index in [0.717, 1.165) is 6.33 Å². The molecule has 0 atom stereocenters. The first-order valence-electron chi connectivity index (χ1n) is 5.59. The quantitative estimate of drug-likeness (QED) is 0.325. The van der Waals surface area contributed by atoms with Gasteiger partial charge in [-0.2, -0.15) is 18.4 Å². The molecule has 0 aliphatic carbocycles. The van der Waals surface area contributed by atoms with Crippen LogP contribution in [0.3, 0.4) is 0 Å². The molecular weight excluding hydrogens is 275 g/mol. The lowest BCUT2D eigenvalue weighted by molar-refractivity contribution is -0.140. The number of alkyl halides is 3. The van der Waals surface area contributed by atoms with Crippen molar-refractivity contribution in [1.82, 2.24) is 20.6 Å². The molecule has 3 N–H and O–H groups in total. The van der Waals surface area contributed by atoms with Gasteiger partial charge in [0.05, 0.1) is 12.9 Å². The zero-order valence-corrected chi connectivity index (χ0v) is 10.9. The minimum Gasteiger partial charge on any atom is -0.359 e. The normalized spacial score (nSPS) is 11.9. The highest BCUT2D eigenvalue weighted by atomic mass is 19.4. The van der Waals surface area contributed by atoms with Crippen molar-refractivity contribution in [3.8, 4) is 6.19 Å². The van der Waals surface area contributed by atoms with Crippen molar-refractivity contribution in [2.45, 2.75) is 6.18 Å². The van der Waals surface area contributed by atoms with Crippen LogP contribution >= 0.6 is 0 Å². The molecule has 20 heavy (non-hydrogen) atoms. The molecular formula is C10H14F3N7. The summed E-state index contributed by atoms with van der Waals surface area (Å²) >= 11 is 0. The van der Waals surface area contributed by atoms with Crippen LogP contribution in [0.2, 0.25) is 0 Å². The van der Waals surface area contributed by atoms with Crippen molar-refractivity contribution in [1.29, 1.82) is 5.26 Å². The van der Waals surface area contributed by atoms with Gasteiger partial charge in [-0.25, -0.2) is 4.98 Å². The van der Waals surface area contributed by atoms with Crippen LogP contribution in [0, 0.1) is 11.5 Å². The second kappa shape index (κ2) is 6.65. The minimum atomic E-state index is -4.51. The Labute approximate surface area is 113 Å². The van der Waals surface area contributed by atoms with Crippen LogP contribution in [0.4, 0.5) is 19.0 Å². The van der Waals surface area contributed by atoms with Gasteiger partial charge in [0.25, 0.3) is 0 Å². The van der Waals surface area contributed by atoms with Crippen LogP contribution in [-0.4, -0.2) is 43.1 Å². The molecule has 0 aromatic carbocycles. The van der Waals surface area contributed by atoms with E-state index in [9.17, 15) is 13.2 Å².